The first-order valence-corrected chi connectivity index (χ1v) is 30.4. The van der Waals surface area contributed by atoms with Crippen molar-refractivity contribution < 1.29 is 8.83 Å². The van der Waals surface area contributed by atoms with Crippen LogP contribution in [0.5, 0.6) is 0 Å². The third-order valence-electron chi connectivity index (χ3n) is 19.9. The standard InChI is InChI=1S/C83H58N2O2/c1-81(2)67-35-17-13-27-56(67)58-44-41-53(47-69(58)81)84(73-37-21-33-64-61-30-15-19-39-76(61)86-79(64)73)54-43-46-66-71(49-54)83(51-23-7-5-8-24-51,52-25-9-6-10-26-52)72-50-75(60-29-11-12-32-63(60)78(66)72)85(74-38-22-34-65-62-31-16-20-40-77(62)87-80(65)74)55-42-45-59-57-28-14-18-36-68(57)82(3,4)70(59)48-55/h5-50H,1-4H3. The molecule has 0 N–H and O–H groups in total. The molecule has 0 amide bonds. The lowest BCUT2D eigenvalue weighted by atomic mass is 9.67. The summed E-state index contributed by atoms with van der Waals surface area (Å²) in [6, 6.07) is 104. The van der Waals surface area contributed by atoms with Gasteiger partial charge in [-0.2, -0.15) is 0 Å². The molecule has 412 valence electrons. The SMILES string of the molecule is CC1(C)c2ccccc2-c2ccc(N(c3ccc4c(c3)C(c3ccccc3)(c3ccccc3)c3cc(N(c5ccc6c(c5)C(C)(C)c5ccccc5-6)c5cccc6c5oc5ccccc56)c5ccccc5c3-4)c3cccc4c3oc3ccccc34)cc21. The van der Waals surface area contributed by atoms with Gasteiger partial charge in [-0.1, -0.05) is 240 Å². The Kier molecular flexibility index (Phi) is 10.4. The van der Waals surface area contributed by atoms with E-state index in [1.54, 1.807) is 0 Å². The minimum atomic E-state index is -0.820. The van der Waals surface area contributed by atoms with Crippen molar-refractivity contribution in [3.63, 3.8) is 0 Å². The summed E-state index contributed by atoms with van der Waals surface area (Å²) in [5.41, 5.74) is 25.9. The van der Waals surface area contributed by atoms with E-state index in [0.29, 0.717) is 0 Å². The van der Waals surface area contributed by atoms with Crippen LogP contribution in [-0.4, -0.2) is 0 Å². The number of hydrogen-bond donors (Lipinski definition) is 0. The second kappa shape index (κ2) is 18.2. The third-order valence-corrected chi connectivity index (χ3v) is 19.9. The fraction of sp³-hybridized carbons (Fsp3) is 0.0843. The highest BCUT2D eigenvalue weighted by atomic mass is 16.3. The summed E-state index contributed by atoms with van der Waals surface area (Å²) in [6.07, 6.45) is 0. The lowest BCUT2D eigenvalue weighted by Crippen LogP contribution is -2.29. The van der Waals surface area contributed by atoms with Crippen LogP contribution in [-0.2, 0) is 16.2 Å². The van der Waals surface area contributed by atoms with Gasteiger partial charge in [0.1, 0.15) is 11.2 Å². The summed E-state index contributed by atoms with van der Waals surface area (Å²) < 4.78 is 14.1. The molecule has 0 spiro atoms. The number of furan rings is 2. The van der Waals surface area contributed by atoms with Crippen LogP contribution >= 0.6 is 0 Å². The first-order chi connectivity index (χ1) is 42.7. The molecule has 0 saturated carbocycles. The molecule has 0 bridgehead atoms. The van der Waals surface area contributed by atoms with Gasteiger partial charge in [0.15, 0.2) is 11.2 Å². The van der Waals surface area contributed by atoms with E-state index in [-0.39, 0.29) is 10.8 Å². The van der Waals surface area contributed by atoms with Gasteiger partial charge in [0.25, 0.3) is 0 Å². The number of para-hydroxylation sites is 4. The van der Waals surface area contributed by atoms with Crippen LogP contribution in [0.2, 0.25) is 0 Å². The Bertz CT molecular complexity index is 5330. The maximum absolute atomic E-state index is 7.08. The number of rotatable bonds is 8. The molecule has 87 heavy (non-hydrogen) atoms. The molecule has 0 saturated heterocycles. The predicted molar refractivity (Wildman–Crippen MR) is 360 cm³/mol. The molecule has 2 aromatic heterocycles. The maximum Gasteiger partial charge on any atom is 0.159 e. The molecule has 0 aliphatic heterocycles. The monoisotopic (exact) mass is 1110 g/mol. The Morgan fingerprint density at radius 1 is 0.264 bits per heavy atom. The Morgan fingerprint density at radius 3 is 1.21 bits per heavy atom. The van der Waals surface area contributed by atoms with E-state index in [1.807, 2.05) is 0 Å². The van der Waals surface area contributed by atoms with Crippen molar-refractivity contribution in [1.82, 2.24) is 0 Å². The van der Waals surface area contributed by atoms with Crippen molar-refractivity contribution in [2.75, 3.05) is 9.80 Å². The summed E-state index contributed by atoms with van der Waals surface area (Å²) >= 11 is 0. The number of anilines is 6. The molecule has 0 atom stereocenters. The van der Waals surface area contributed by atoms with Gasteiger partial charge in [-0.3, -0.25) is 0 Å². The van der Waals surface area contributed by atoms with Crippen molar-refractivity contribution >= 4 is 88.8 Å². The molecule has 0 fully saturated rings. The molecule has 2 heterocycles. The second-order valence-corrected chi connectivity index (χ2v) is 25.1. The Balaban J connectivity index is 0.932. The van der Waals surface area contributed by atoms with Crippen LogP contribution < -0.4 is 9.80 Å². The number of fused-ring (bicyclic) bond motifs is 17. The maximum atomic E-state index is 7.08. The highest BCUT2D eigenvalue weighted by Gasteiger charge is 2.48. The summed E-state index contributed by atoms with van der Waals surface area (Å²) in [4.78, 5) is 4.96. The topological polar surface area (TPSA) is 32.8 Å². The minimum Gasteiger partial charge on any atom is -0.454 e. The Morgan fingerprint density at radius 2 is 0.667 bits per heavy atom. The highest BCUT2D eigenvalue weighted by Crippen LogP contribution is 2.62. The quantitative estimate of drug-likeness (QED) is 0.152. The number of nitrogens with zero attached hydrogens (tertiary/aromatic N) is 2. The first-order valence-electron chi connectivity index (χ1n) is 30.4. The fourth-order valence-electron chi connectivity index (χ4n) is 16.0. The Labute approximate surface area is 505 Å². The fourth-order valence-corrected chi connectivity index (χ4v) is 16.0. The van der Waals surface area contributed by atoms with E-state index < -0.39 is 5.41 Å². The van der Waals surface area contributed by atoms with Crippen molar-refractivity contribution in [2.45, 2.75) is 43.9 Å². The van der Waals surface area contributed by atoms with Crippen LogP contribution in [0.4, 0.5) is 34.1 Å². The average Bonchev–Trinajstić information content (AvgIpc) is 1.57. The van der Waals surface area contributed by atoms with E-state index in [4.69, 9.17) is 8.83 Å². The van der Waals surface area contributed by atoms with Gasteiger partial charge in [-0.15, -0.1) is 0 Å². The van der Waals surface area contributed by atoms with Crippen molar-refractivity contribution in [2.24, 2.45) is 0 Å². The minimum absolute atomic E-state index is 0.224. The smallest absolute Gasteiger partial charge is 0.159 e. The lowest BCUT2D eigenvalue weighted by Gasteiger charge is -2.36. The lowest BCUT2D eigenvalue weighted by molar-refractivity contribution is 0.660. The molecular weight excluding hydrogens is 1060 g/mol. The first kappa shape index (κ1) is 49.7. The third kappa shape index (κ3) is 6.84. The Hall–Kier alpha value is -10.7. The zero-order valence-electron chi connectivity index (χ0n) is 48.8. The number of hydrogen-bond acceptors (Lipinski definition) is 4. The predicted octanol–water partition coefficient (Wildman–Crippen LogP) is 22.6. The highest BCUT2D eigenvalue weighted by molar-refractivity contribution is 6.16. The van der Waals surface area contributed by atoms with Crippen LogP contribution in [0, 0.1) is 0 Å². The van der Waals surface area contributed by atoms with Gasteiger partial charge < -0.3 is 18.6 Å². The van der Waals surface area contributed by atoms with E-state index in [0.717, 1.165) is 83.4 Å². The molecular formula is C83H58N2O2. The molecule has 3 aliphatic carbocycles. The van der Waals surface area contributed by atoms with Gasteiger partial charge in [0.05, 0.1) is 22.5 Å². The normalized spacial score (nSPS) is 14.5. The van der Waals surface area contributed by atoms with E-state index in [1.165, 1.54) is 83.3 Å². The van der Waals surface area contributed by atoms with E-state index in [2.05, 4.69) is 317 Å². The van der Waals surface area contributed by atoms with E-state index in [9.17, 15) is 0 Å². The van der Waals surface area contributed by atoms with Crippen molar-refractivity contribution in [3.05, 3.63) is 324 Å². The van der Waals surface area contributed by atoms with Gasteiger partial charge >= 0.3 is 0 Å². The molecule has 3 aliphatic rings. The molecule has 13 aromatic carbocycles. The summed E-state index contributed by atoms with van der Waals surface area (Å²) in [7, 11) is 0. The average molecular weight is 1120 g/mol. The molecule has 4 heteroatoms. The van der Waals surface area contributed by atoms with Gasteiger partial charge in [0, 0.05) is 54.8 Å². The van der Waals surface area contributed by atoms with Crippen molar-refractivity contribution in [1.29, 1.82) is 0 Å². The van der Waals surface area contributed by atoms with Crippen LogP contribution in [0.15, 0.2) is 288 Å². The van der Waals surface area contributed by atoms with E-state index >= 15 is 0 Å². The second-order valence-electron chi connectivity index (χ2n) is 25.1. The van der Waals surface area contributed by atoms with Crippen molar-refractivity contribution in [3.8, 4) is 33.4 Å². The van der Waals surface area contributed by atoms with Crippen LogP contribution in [0.3, 0.4) is 0 Å². The molecule has 0 unspecified atom stereocenters. The van der Waals surface area contributed by atoms with Gasteiger partial charge in [0.2, 0.25) is 0 Å². The summed E-state index contributed by atoms with van der Waals surface area (Å²) in [5, 5.41) is 6.66. The molecule has 15 aromatic rings. The van der Waals surface area contributed by atoms with Crippen LogP contribution in [0.1, 0.15) is 72.2 Å². The zero-order valence-corrected chi connectivity index (χ0v) is 48.8. The van der Waals surface area contributed by atoms with Gasteiger partial charge in [-0.25, -0.2) is 0 Å². The molecule has 0 radical (unpaired) electrons. The molecule has 18 rings (SSSR count). The van der Waals surface area contributed by atoms with Crippen LogP contribution in [0.25, 0.3) is 88.0 Å². The zero-order chi connectivity index (χ0) is 57.9. The van der Waals surface area contributed by atoms with Gasteiger partial charge in [-0.05, 0) is 150 Å². The number of benzene rings is 13. The molecule has 4 nitrogen and oxygen atoms in total. The summed E-state index contributed by atoms with van der Waals surface area (Å²) in [6.45, 7) is 9.48. The summed E-state index contributed by atoms with van der Waals surface area (Å²) in [5.74, 6) is 0. The largest absolute Gasteiger partial charge is 0.454 e.